The van der Waals surface area contributed by atoms with Gasteiger partial charge in [-0.15, -0.1) is 0 Å². The summed E-state index contributed by atoms with van der Waals surface area (Å²) in [6.07, 6.45) is -22.4. The minimum atomic E-state index is -1.85. The monoisotopic (exact) mass is 532 g/mol. The zero-order valence-electron chi connectivity index (χ0n) is 19.7. The van der Waals surface area contributed by atoms with Crippen molar-refractivity contribution < 1.29 is 79.1 Å². The Bertz CT molecular complexity index is 666. The Hall–Kier alpha value is -0.640. The van der Waals surface area contributed by atoms with Crippen LogP contribution in [-0.4, -0.2) is 172 Å². The Morgan fingerprint density at radius 1 is 0.472 bits per heavy atom. The third-order valence-corrected chi connectivity index (χ3v) is 6.55. The lowest BCUT2D eigenvalue weighted by molar-refractivity contribution is -0.379. The molecule has 0 aromatic rings. The summed E-state index contributed by atoms with van der Waals surface area (Å²) >= 11 is 0. The quantitative estimate of drug-likeness (QED) is 0.134. The molecule has 0 bridgehead atoms. The SMILES string of the molecule is CO[C@@H]1OC(CO)[C@H](O[C@H]2O[C@@H](CO)[C@@H](O[C@@H]3OC(CO)[C@H](OC)[C@@H](O)C3O)C(O)C2O)[C@@H](O)C1O. The van der Waals surface area contributed by atoms with Gasteiger partial charge in [0.2, 0.25) is 0 Å². The summed E-state index contributed by atoms with van der Waals surface area (Å²) in [5.74, 6) is 0. The molecule has 15 atom stereocenters. The first-order valence-electron chi connectivity index (χ1n) is 11.4. The van der Waals surface area contributed by atoms with Crippen molar-refractivity contribution in [3.05, 3.63) is 0 Å². The van der Waals surface area contributed by atoms with Crippen LogP contribution in [0.25, 0.3) is 0 Å². The molecule has 3 heterocycles. The highest BCUT2D eigenvalue weighted by Crippen LogP contribution is 2.32. The third kappa shape index (κ3) is 5.84. The van der Waals surface area contributed by atoms with E-state index in [2.05, 4.69) is 0 Å². The Morgan fingerprint density at radius 3 is 1.17 bits per heavy atom. The average molecular weight is 532 g/mol. The van der Waals surface area contributed by atoms with Gasteiger partial charge < -0.3 is 79.1 Å². The van der Waals surface area contributed by atoms with Gasteiger partial charge in [-0.25, -0.2) is 0 Å². The molecule has 16 heteroatoms. The Morgan fingerprint density at radius 2 is 0.806 bits per heavy atom. The lowest BCUT2D eigenvalue weighted by atomic mass is 9.96. The van der Waals surface area contributed by atoms with Crippen LogP contribution in [0, 0.1) is 0 Å². The van der Waals surface area contributed by atoms with Crippen LogP contribution in [-0.2, 0) is 33.2 Å². The van der Waals surface area contributed by atoms with E-state index in [0.29, 0.717) is 0 Å². The van der Waals surface area contributed by atoms with E-state index in [9.17, 15) is 46.0 Å². The van der Waals surface area contributed by atoms with Crippen molar-refractivity contribution in [2.75, 3.05) is 34.0 Å². The average Bonchev–Trinajstić information content (AvgIpc) is 2.88. The predicted molar refractivity (Wildman–Crippen MR) is 111 cm³/mol. The van der Waals surface area contributed by atoms with Gasteiger partial charge in [0.05, 0.1) is 19.8 Å². The van der Waals surface area contributed by atoms with Crippen LogP contribution in [0.3, 0.4) is 0 Å². The van der Waals surface area contributed by atoms with E-state index in [1.165, 1.54) is 14.2 Å². The van der Waals surface area contributed by atoms with E-state index in [1.807, 2.05) is 0 Å². The molecule has 3 aliphatic rings. The Kier molecular flexibility index (Phi) is 10.8. The lowest BCUT2D eigenvalue weighted by Gasteiger charge is -2.48. The van der Waals surface area contributed by atoms with Gasteiger partial charge in [-0.05, 0) is 0 Å². The molecule has 16 nitrogen and oxygen atoms in total. The van der Waals surface area contributed by atoms with Gasteiger partial charge in [0, 0.05) is 14.2 Å². The fourth-order valence-electron chi connectivity index (χ4n) is 4.51. The van der Waals surface area contributed by atoms with Crippen LogP contribution in [0.15, 0.2) is 0 Å². The predicted octanol–water partition coefficient (Wildman–Crippen LogP) is -6.26. The number of aliphatic hydroxyl groups is 9. The van der Waals surface area contributed by atoms with Crippen LogP contribution < -0.4 is 0 Å². The molecule has 0 aliphatic carbocycles. The van der Waals surface area contributed by atoms with E-state index in [-0.39, 0.29) is 0 Å². The van der Waals surface area contributed by atoms with Gasteiger partial charge in [0.25, 0.3) is 0 Å². The molecule has 0 spiro atoms. The maximum absolute atomic E-state index is 10.7. The fraction of sp³-hybridized carbons (Fsp3) is 1.00. The van der Waals surface area contributed by atoms with E-state index >= 15 is 0 Å². The van der Waals surface area contributed by atoms with Gasteiger partial charge in [-0.1, -0.05) is 0 Å². The second-order valence-corrected chi connectivity index (χ2v) is 8.76. The summed E-state index contributed by atoms with van der Waals surface area (Å²) in [7, 11) is 2.46. The molecule has 3 rings (SSSR count). The van der Waals surface area contributed by atoms with Crippen molar-refractivity contribution in [2.24, 2.45) is 0 Å². The molecule has 3 saturated heterocycles. The Labute approximate surface area is 206 Å². The van der Waals surface area contributed by atoms with E-state index in [1.54, 1.807) is 0 Å². The summed E-state index contributed by atoms with van der Waals surface area (Å²) in [4.78, 5) is 0. The third-order valence-electron chi connectivity index (χ3n) is 6.55. The molecule has 3 fully saturated rings. The zero-order chi connectivity index (χ0) is 26.7. The van der Waals surface area contributed by atoms with Crippen LogP contribution in [0.4, 0.5) is 0 Å². The molecule has 0 amide bonds. The molecule has 0 saturated carbocycles. The van der Waals surface area contributed by atoms with Gasteiger partial charge in [-0.2, -0.15) is 0 Å². The molecule has 0 aromatic carbocycles. The highest BCUT2D eigenvalue weighted by atomic mass is 16.8. The van der Waals surface area contributed by atoms with Crippen LogP contribution in [0.2, 0.25) is 0 Å². The van der Waals surface area contributed by atoms with Crippen LogP contribution >= 0.6 is 0 Å². The summed E-state index contributed by atoms with van der Waals surface area (Å²) in [6.45, 7) is -2.03. The Balaban J connectivity index is 1.72. The smallest absolute Gasteiger partial charge is 0.187 e. The highest BCUT2D eigenvalue weighted by molar-refractivity contribution is 4.96. The molecule has 3 aliphatic heterocycles. The van der Waals surface area contributed by atoms with E-state index in [0.717, 1.165) is 0 Å². The molecule has 6 unspecified atom stereocenters. The molecule has 9 N–H and O–H groups in total. The minimum absolute atomic E-state index is 0.596. The normalized spacial score (nSPS) is 50.2. The second-order valence-electron chi connectivity index (χ2n) is 8.76. The second kappa shape index (κ2) is 12.9. The first kappa shape index (κ1) is 29.9. The molecule has 0 radical (unpaired) electrons. The van der Waals surface area contributed by atoms with Crippen molar-refractivity contribution in [2.45, 2.75) is 92.1 Å². The highest BCUT2D eigenvalue weighted by Gasteiger charge is 2.53. The first-order valence-corrected chi connectivity index (χ1v) is 11.4. The fourth-order valence-corrected chi connectivity index (χ4v) is 4.51. The van der Waals surface area contributed by atoms with Crippen molar-refractivity contribution >= 4 is 0 Å². The number of methoxy groups -OCH3 is 2. The summed E-state index contributed by atoms with van der Waals surface area (Å²) in [5.41, 5.74) is 0. The van der Waals surface area contributed by atoms with Crippen molar-refractivity contribution in [3.63, 3.8) is 0 Å². The topological polar surface area (TPSA) is 247 Å². The maximum Gasteiger partial charge on any atom is 0.187 e. The first-order chi connectivity index (χ1) is 17.1. The molecule has 212 valence electrons. The van der Waals surface area contributed by atoms with Crippen molar-refractivity contribution in [1.29, 1.82) is 0 Å². The van der Waals surface area contributed by atoms with Gasteiger partial charge in [-0.3, -0.25) is 0 Å². The molecular weight excluding hydrogens is 496 g/mol. The maximum atomic E-state index is 10.7. The number of ether oxygens (including phenoxy) is 7. The van der Waals surface area contributed by atoms with Crippen LogP contribution in [0.5, 0.6) is 0 Å². The number of rotatable bonds is 9. The van der Waals surface area contributed by atoms with Crippen molar-refractivity contribution in [3.8, 4) is 0 Å². The van der Waals surface area contributed by atoms with E-state index < -0.39 is 112 Å². The molecule has 0 aromatic heterocycles. The summed E-state index contributed by atoms with van der Waals surface area (Å²) in [6, 6.07) is 0. The van der Waals surface area contributed by atoms with Gasteiger partial charge in [0.15, 0.2) is 18.9 Å². The summed E-state index contributed by atoms with van der Waals surface area (Å²) in [5, 5.41) is 91.6. The largest absolute Gasteiger partial charge is 0.394 e. The van der Waals surface area contributed by atoms with Gasteiger partial charge >= 0.3 is 0 Å². The van der Waals surface area contributed by atoms with Crippen LogP contribution in [0.1, 0.15) is 0 Å². The lowest BCUT2D eigenvalue weighted by Crippen LogP contribution is -2.66. The number of hydrogen-bond donors (Lipinski definition) is 9. The molecular formula is C20H36O16. The number of aliphatic hydroxyl groups excluding tert-OH is 9. The van der Waals surface area contributed by atoms with Gasteiger partial charge in [0.1, 0.15) is 73.2 Å². The standard InChI is InChI=1S/C20H36O16/c1-30-15-6(3-21)33-19(13(28)9(15)24)36-17-8(5-23)34-20(14(29)11(17)26)35-16-7(4-22)32-18(31-2)12(27)10(16)25/h6-29H,3-5H2,1-2H3/t6?,7?,8-,9-,10-,11?,12?,13?,14?,15-,16-,17+,18+,19-,20+/m0/s1. The molecule has 36 heavy (non-hydrogen) atoms. The van der Waals surface area contributed by atoms with E-state index in [4.69, 9.17) is 33.2 Å². The minimum Gasteiger partial charge on any atom is -0.394 e. The van der Waals surface area contributed by atoms with Crippen molar-refractivity contribution in [1.82, 2.24) is 0 Å². The number of hydrogen-bond acceptors (Lipinski definition) is 16. The summed E-state index contributed by atoms with van der Waals surface area (Å²) < 4.78 is 37.3. The zero-order valence-corrected chi connectivity index (χ0v) is 19.7.